The number of rotatable bonds is 9. The topological polar surface area (TPSA) is 82.0 Å². The van der Waals surface area contributed by atoms with Crippen LogP contribution in [0.25, 0.3) is 22.3 Å². The summed E-state index contributed by atoms with van der Waals surface area (Å²) in [6, 6.07) is 15.5. The van der Waals surface area contributed by atoms with E-state index < -0.39 is 0 Å². The van der Waals surface area contributed by atoms with Crippen LogP contribution in [0, 0.1) is 0 Å². The number of hydrogen-bond acceptors (Lipinski definition) is 6. The summed E-state index contributed by atoms with van der Waals surface area (Å²) in [5, 5.41) is 11.0. The van der Waals surface area contributed by atoms with E-state index in [0.29, 0.717) is 23.7 Å². The number of ether oxygens (including phenoxy) is 2. The van der Waals surface area contributed by atoms with Crippen LogP contribution < -0.4 is 4.74 Å². The number of carbonyl (C=O) groups excluding carboxylic acids is 1. The summed E-state index contributed by atoms with van der Waals surface area (Å²) in [4.78, 5) is 15.2. The first-order valence-electron chi connectivity index (χ1n) is 11.2. The molecule has 0 radical (unpaired) electrons. The summed E-state index contributed by atoms with van der Waals surface area (Å²) in [6.07, 6.45) is 4.29. The predicted molar refractivity (Wildman–Crippen MR) is 129 cm³/mol. The van der Waals surface area contributed by atoms with Gasteiger partial charge in [-0.2, -0.15) is 0 Å². The lowest BCUT2D eigenvalue weighted by molar-refractivity contribution is 0.0953. The van der Waals surface area contributed by atoms with Crippen molar-refractivity contribution in [3.63, 3.8) is 0 Å². The minimum atomic E-state index is -0.00192. The maximum atomic E-state index is 11.8. The summed E-state index contributed by atoms with van der Waals surface area (Å²) in [6.45, 7) is 3.54. The number of carbonyl (C=O) groups is 1. The smallest absolute Gasteiger partial charge is 0.191 e. The quantitative estimate of drug-likeness (QED) is 0.215. The standard InChI is InChI=1S/C25H26N4O3S/c1-17(30)19-8-3-5-11-23(19)32-13-14-33-25-28-27-24(29(25)16-18-7-6-12-31-18)21-15-26-22-10-4-2-9-20(21)22/h2-5,8-11,15,18,26H,6-7,12-14,16H2,1H3. The van der Waals surface area contributed by atoms with Crippen molar-refractivity contribution < 1.29 is 14.3 Å². The van der Waals surface area contributed by atoms with Crippen molar-refractivity contribution in [3.8, 4) is 17.1 Å². The van der Waals surface area contributed by atoms with E-state index in [1.165, 1.54) is 0 Å². The van der Waals surface area contributed by atoms with Crippen molar-refractivity contribution in [2.24, 2.45) is 0 Å². The average molecular weight is 463 g/mol. The third kappa shape index (κ3) is 4.67. The minimum absolute atomic E-state index is 0.00192. The van der Waals surface area contributed by atoms with E-state index in [9.17, 15) is 4.79 Å². The Morgan fingerprint density at radius 2 is 2.06 bits per heavy atom. The Bertz CT molecular complexity index is 1260. The number of nitrogens with one attached hydrogen (secondary N) is 1. The second-order valence-electron chi connectivity index (χ2n) is 8.05. The molecule has 4 aromatic rings. The molecule has 0 saturated carbocycles. The highest BCUT2D eigenvalue weighted by Crippen LogP contribution is 2.31. The molecule has 1 unspecified atom stereocenters. The van der Waals surface area contributed by atoms with Gasteiger partial charge in [0.25, 0.3) is 0 Å². The largest absolute Gasteiger partial charge is 0.492 e. The molecule has 33 heavy (non-hydrogen) atoms. The van der Waals surface area contributed by atoms with Crippen LogP contribution in [0.4, 0.5) is 0 Å². The molecule has 2 aromatic carbocycles. The number of para-hydroxylation sites is 2. The molecule has 0 aliphatic carbocycles. The molecular formula is C25H26N4O3S. The molecule has 3 heterocycles. The van der Waals surface area contributed by atoms with E-state index in [0.717, 1.165) is 53.4 Å². The molecule has 1 aliphatic rings. The summed E-state index contributed by atoms with van der Waals surface area (Å²) in [7, 11) is 0. The number of ketones is 1. The Hall–Kier alpha value is -3.10. The molecule has 1 atom stereocenters. The molecule has 7 nitrogen and oxygen atoms in total. The summed E-state index contributed by atoms with van der Waals surface area (Å²) in [5.41, 5.74) is 2.71. The van der Waals surface area contributed by atoms with E-state index in [1.807, 2.05) is 36.5 Å². The molecule has 2 aromatic heterocycles. The van der Waals surface area contributed by atoms with Gasteiger partial charge < -0.3 is 14.5 Å². The van der Waals surface area contributed by atoms with E-state index in [4.69, 9.17) is 9.47 Å². The number of thioether (sulfide) groups is 1. The van der Waals surface area contributed by atoms with E-state index >= 15 is 0 Å². The lowest BCUT2D eigenvalue weighted by Crippen LogP contribution is -2.17. The molecular weight excluding hydrogens is 436 g/mol. The lowest BCUT2D eigenvalue weighted by atomic mass is 10.1. The summed E-state index contributed by atoms with van der Waals surface area (Å²) in [5.74, 6) is 2.14. The number of aromatic nitrogens is 4. The van der Waals surface area contributed by atoms with Crippen LogP contribution >= 0.6 is 11.8 Å². The van der Waals surface area contributed by atoms with Crippen molar-refractivity contribution >= 4 is 28.4 Å². The zero-order chi connectivity index (χ0) is 22.6. The highest BCUT2D eigenvalue weighted by molar-refractivity contribution is 7.99. The van der Waals surface area contributed by atoms with Crippen LogP contribution in [-0.4, -0.2) is 50.6 Å². The van der Waals surface area contributed by atoms with Gasteiger partial charge in [-0.25, -0.2) is 0 Å². The first-order chi connectivity index (χ1) is 16.2. The van der Waals surface area contributed by atoms with Gasteiger partial charge in [0.2, 0.25) is 0 Å². The van der Waals surface area contributed by atoms with Crippen molar-refractivity contribution in [3.05, 3.63) is 60.3 Å². The molecule has 170 valence electrons. The zero-order valence-corrected chi connectivity index (χ0v) is 19.3. The summed E-state index contributed by atoms with van der Waals surface area (Å²) >= 11 is 1.60. The van der Waals surface area contributed by atoms with Crippen molar-refractivity contribution in [1.29, 1.82) is 0 Å². The van der Waals surface area contributed by atoms with Crippen LogP contribution in [0.5, 0.6) is 5.75 Å². The average Bonchev–Trinajstić information content (AvgIpc) is 3.58. The molecule has 0 spiro atoms. The number of nitrogens with zero attached hydrogens (tertiary/aromatic N) is 3. The first-order valence-corrected chi connectivity index (χ1v) is 12.2. The highest BCUT2D eigenvalue weighted by Gasteiger charge is 2.23. The Balaban J connectivity index is 1.34. The predicted octanol–water partition coefficient (Wildman–Crippen LogP) is 4.98. The van der Waals surface area contributed by atoms with E-state index in [-0.39, 0.29) is 11.9 Å². The normalized spacial score (nSPS) is 15.8. The second kappa shape index (κ2) is 9.80. The Morgan fingerprint density at radius 1 is 1.21 bits per heavy atom. The van der Waals surface area contributed by atoms with Gasteiger partial charge in [-0.3, -0.25) is 9.36 Å². The zero-order valence-electron chi connectivity index (χ0n) is 18.5. The molecule has 0 bridgehead atoms. The molecule has 1 fully saturated rings. The number of fused-ring (bicyclic) bond motifs is 1. The number of hydrogen-bond donors (Lipinski definition) is 1. The molecule has 8 heteroatoms. The first kappa shape index (κ1) is 21.7. The van der Waals surface area contributed by atoms with Gasteiger partial charge in [0.05, 0.1) is 24.8 Å². The lowest BCUT2D eigenvalue weighted by Gasteiger charge is -2.15. The highest BCUT2D eigenvalue weighted by atomic mass is 32.2. The molecule has 0 amide bonds. The van der Waals surface area contributed by atoms with E-state index in [1.54, 1.807) is 24.8 Å². The molecule has 5 rings (SSSR count). The van der Waals surface area contributed by atoms with Crippen LogP contribution in [0.1, 0.15) is 30.1 Å². The van der Waals surface area contributed by atoms with Gasteiger partial charge in [-0.15, -0.1) is 10.2 Å². The van der Waals surface area contributed by atoms with Gasteiger partial charge in [0.1, 0.15) is 5.75 Å². The third-order valence-corrected chi connectivity index (χ3v) is 6.73. The molecule has 1 N–H and O–H groups in total. The number of H-pyrrole nitrogens is 1. The summed E-state index contributed by atoms with van der Waals surface area (Å²) < 4.78 is 14.0. The van der Waals surface area contributed by atoms with Gasteiger partial charge in [-0.05, 0) is 38.0 Å². The van der Waals surface area contributed by atoms with Crippen LogP contribution in [0.3, 0.4) is 0 Å². The van der Waals surface area contributed by atoms with Gasteiger partial charge in [0, 0.05) is 35.0 Å². The fraction of sp³-hybridized carbons (Fsp3) is 0.320. The van der Waals surface area contributed by atoms with Gasteiger partial charge >= 0.3 is 0 Å². The van der Waals surface area contributed by atoms with Crippen molar-refractivity contribution in [1.82, 2.24) is 19.7 Å². The SMILES string of the molecule is CC(=O)c1ccccc1OCCSc1nnc(-c2c[nH]c3ccccc23)n1CC1CCCO1. The van der Waals surface area contributed by atoms with Crippen LogP contribution in [0.15, 0.2) is 59.9 Å². The van der Waals surface area contributed by atoms with E-state index in [2.05, 4.69) is 31.9 Å². The Morgan fingerprint density at radius 3 is 2.91 bits per heavy atom. The maximum absolute atomic E-state index is 11.8. The molecule has 1 saturated heterocycles. The second-order valence-corrected chi connectivity index (χ2v) is 9.11. The van der Waals surface area contributed by atoms with Crippen LogP contribution in [0.2, 0.25) is 0 Å². The Kier molecular flexibility index (Phi) is 6.46. The van der Waals surface area contributed by atoms with Crippen molar-refractivity contribution in [2.75, 3.05) is 19.0 Å². The fourth-order valence-electron chi connectivity index (χ4n) is 4.18. The minimum Gasteiger partial charge on any atom is -0.492 e. The molecule has 1 aliphatic heterocycles. The third-order valence-electron chi connectivity index (χ3n) is 5.80. The monoisotopic (exact) mass is 462 g/mol. The van der Waals surface area contributed by atoms with Gasteiger partial charge in [0.15, 0.2) is 16.8 Å². The Labute approximate surface area is 196 Å². The number of benzene rings is 2. The number of aromatic amines is 1. The van der Waals surface area contributed by atoms with Gasteiger partial charge in [-0.1, -0.05) is 42.1 Å². The fourth-order valence-corrected chi connectivity index (χ4v) is 4.94. The number of Topliss-reactive ketones (excluding diaryl/α,β-unsaturated/α-hetero) is 1. The van der Waals surface area contributed by atoms with Crippen molar-refractivity contribution in [2.45, 2.75) is 37.6 Å². The maximum Gasteiger partial charge on any atom is 0.191 e. The van der Waals surface area contributed by atoms with Crippen LogP contribution in [-0.2, 0) is 11.3 Å².